The van der Waals surface area contributed by atoms with E-state index in [1.807, 2.05) is 57.2 Å². The highest BCUT2D eigenvalue weighted by molar-refractivity contribution is 6.04. The maximum atomic E-state index is 12.0. The van der Waals surface area contributed by atoms with Crippen LogP contribution in [-0.2, 0) is 9.59 Å². The zero-order chi connectivity index (χ0) is 19.1. The van der Waals surface area contributed by atoms with Crippen LogP contribution in [0.1, 0.15) is 28.7 Å². The monoisotopic (exact) mass is 353 g/mol. The van der Waals surface area contributed by atoms with Gasteiger partial charge in [-0.2, -0.15) is 5.10 Å². The first-order chi connectivity index (χ1) is 12.4. The number of nitrogens with one attached hydrogen (secondary N) is 2. The molecule has 0 aliphatic rings. The molecule has 0 fully saturated rings. The zero-order valence-electron chi connectivity index (χ0n) is 15.4. The summed E-state index contributed by atoms with van der Waals surface area (Å²) < 4.78 is 5.24. The van der Waals surface area contributed by atoms with Crippen molar-refractivity contribution in [3.63, 3.8) is 0 Å². The fraction of sp³-hybridized carbons (Fsp3) is 0.250. The van der Waals surface area contributed by atoms with Gasteiger partial charge >= 0.3 is 0 Å². The summed E-state index contributed by atoms with van der Waals surface area (Å²) in [5.41, 5.74) is 6.91. The average Bonchev–Trinajstić information content (AvgIpc) is 2.58. The number of nitrogens with zero attached hydrogens (tertiary/aromatic N) is 1. The van der Waals surface area contributed by atoms with Crippen molar-refractivity contribution < 1.29 is 14.3 Å². The van der Waals surface area contributed by atoms with Crippen LogP contribution in [0.4, 0.5) is 5.69 Å². The molecule has 0 spiro atoms. The molecule has 2 amide bonds. The Bertz CT molecular complexity index is 844. The molecule has 0 saturated heterocycles. The van der Waals surface area contributed by atoms with Crippen LogP contribution in [0.5, 0.6) is 5.75 Å². The number of amides is 2. The molecule has 2 N–H and O–H groups in total. The smallest absolute Gasteiger partial charge is 0.249 e. The summed E-state index contributed by atoms with van der Waals surface area (Å²) in [5.74, 6) is -0.127. The van der Waals surface area contributed by atoms with Gasteiger partial charge in [-0.25, -0.2) is 5.43 Å². The molecule has 2 aromatic rings. The molecule has 6 heteroatoms. The normalized spacial score (nSPS) is 10.6. The third kappa shape index (κ3) is 5.44. The number of ether oxygens (including phenoxy) is 1. The largest absolute Gasteiger partial charge is 0.496 e. The van der Waals surface area contributed by atoms with E-state index in [-0.39, 0.29) is 12.3 Å². The highest BCUT2D eigenvalue weighted by atomic mass is 16.5. The van der Waals surface area contributed by atoms with Gasteiger partial charge in [0.05, 0.1) is 13.3 Å². The van der Waals surface area contributed by atoms with Crippen molar-refractivity contribution in [3.05, 3.63) is 58.7 Å². The lowest BCUT2D eigenvalue weighted by Crippen LogP contribution is -2.24. The quantitative estimate of drug-likeness (QED) is 0.476. The standard InChI is InChI=1S/C20H23N3O3/c1-13-5-8-17(15(3)9-13)22-19(24)11-20(25)23-21-12-16-7-6-14(2)18(10-16)26-4/h5-10,12H,11H2,1-4H3,(H,22,24)(H,23,25). The number of carbonyl (C=O) groups excluding carboxylic acids is 2. The highest BCUT2D eigenvalue weighted by Crippen LogP contribution is 2.18. The van der Waals surface area contributed by atoms with Crippen LogP contribution in [-0.4, -0.2) is 25.1 Å². The molecule has 6 nitrogen and oxygen atoms in total. The fourth-order valence-electron chi connectivity index (χ4n) is 2.43. The van der Waals surface area contributed by atoms with Gasteiger partial charge in [-0.3, -0.25) is 9.59 Å². The Morgan fingerprint density at radius 3 is 2.50 bits per heavy atom. The Kier molecular flexibility index (Phi) is 6.49. The van der Waals surface area contributed by atoms with Crippen LogP contribution in [0.15, 0.2) is 41.5 Å². The average molecular weight is 353 g/mol. The molecule has 2 rings (SSSR count). The third-order valence-corrected chi connectivity index (χ3v) is 3.81. The minimum atomic E-state index is -0.484. The number of rotatable bonds is 6. The van der Waals surface area contributed by atoms with Crippen LogP contribution >= 0.6 is 0 Å². The van der Waals surface area contributed by atoms with Gasteiger partial charge < -0.3 is 10.1 Å². The second kappa shape index (κ2) is 8.80. The maximum absolute atomic E-state index is 12.0. The Morgan fingerprint density at radius 1 is 1.04 bits per heavy atom. The van der Waals surface area contributed by atoms with E-state index in [9.17, 15) is 9.59 Å². The Balaban J connectivity index is 1.87. The molecule has 0 radical (unpaired) electrons. The van der Waals surface area contributed by atoms with Crippen LogP contribution in [0, 0.1) is 20.8 Å². The first-order valence-corrected chi connectivity index (χ1v) is 8.22. The van der Waals surface area contributed by atoms with Gasteiger partial charge in [-0.1, -0.05) is 29.8 Å². The lowest BCUT2D eigenvalue weighted by molar-refractivity contribution is -0.126. The van der Waals surface area contributed by atoms with E-state index in [0.717, 1.165) is 28.0 Å². The number of carbonyl (C=O) groups is 2. The number of hydrazone groups is 1. The van der Waals surface area contributed by atoms with Crippen molar-refractivity contribution in [1.29, 1.82) is 0 Å². The van der Waals surface area contributed by atoms with Gasteiger partial charge in [0.1, 0.15) is 12.2 Å². The summed E-state index contributed by atoms with van der Waals surface area (Å²) in [6, 6.07) is 11.3. The summed E-state index contributed by atoms with van der Waals surface area (Å²) in [6.45, 7) is 5.83. The second-order valence-electron chi connectivity index (χ2n) is 6.07. The van der Waals surface area contributed by atoms with E-state index < -0.39 is 5.91 Å². The molecule has 136 valence electrons. The first kappa shape index (κ1) is 19.2. The number of hydrogen-bond acceptors (Lipinski definition) is 4. The minimum absolute atomic E-state index is 0.304. The molecule has 26 heavy (non-hydrogen) atoms. The molecule has 0 unspecified atom stereocenters. The van der Waals surface area contributed by atoms with Crippen molar-refractivity contribution >= 4 is 23.7 Å². The van der Waals surface area contributed by atoms with Crippen LogP contribution in [0.3, 0.4) is 0 Å². The maximum Gasteiger partial charge on any atom is 0.249 e. The Labute approximate surface area is 153 Å². The molecule has 0 aliphatic heterocycles. The van der Waals surface area contributed by atoms with Crippen molar-refractivity contribution in [1.82, 2.24) is 5.43 Å². The lowest BCUT2D eigenvalue weighted by atomic mass is 10.1. The lowest BCUT2D eigenvalue weighted by Gasteiger charge is -2.08. The molecule has 0 saturated carbocycles. The molecule has 2 aromatic carbocycles. The molecule has 0 aliphatic carbocycles. The molecule has 0 aromatic heterocycles. The molecule has 0 bridgehead atoms. The van der Waals surface area contributed by atoms with Gasteiger partial charge in [0.25, 0.3) is 0 Å². The van der Waals surface area contributed by atoms with E-state index in [1.54, 1.807) is 7.11 Å². The van der Waals surface area contributed by atoms with Gasteiger partial charge in [-0.15, -0.1) is 0 Å². The summed E-state index contributed by atoms with van der Waals surface area (Å²) >= 11 is 0. The van der Waals surface area contributed by atoms with Crippen molar-refractivity contribution in [3.8, 4) is 5.75 Å². The predicted molar refractivity (Wildman–Crippen MR) is 103 cm³/mol. The van der Waals surface area contributed by atoms with Crippen molar-refractivity contribution in [2.24, 2.45) is 5.10 Å². The summed E-state index contributed by atoms with van der Waals surface area (Å²) in [7, 11) is 1.60. The van der Waals surface area contributed by atoms with Gasteiger partial charge in [0.15, 0.2) is 0 Å². The number of methoxy groups -OCH3 is 1. The highest BCUT2D eigenvalue weighted by Gasteiger charge is 2.10. The van der Waals surface area contributed by atoms with Gasteiger partial charge in [0.2, 0.25) is 11.8 Å². The molecule has 0 heterocycles. The van der Waals surface area contributed by atoms with E-state index in [2.05, 4.69) is 15.8 Å². The minimum Gasteiger partial charge on any atom is -0.496 e. The summed E-state index contributed by atoms with van der Waals surface area (Å²) in [4.78, 5) is 23.8. The van der Waals surface area contributed by atoms with Crippen LogP contribution in [0.25, 0.3) is 0 Å². The van der Waals surface area contributed by atoms with Crippen LogP contribution < -0.4 is 15.5 Å². The topological polar surface area (TPSA) is 79.8 Å². The first-order valence-electron chi connectivity index (χ1n) is 8.22. The van der Waals surface area contributed by atoms with Gasteiger partial charge in [0, 0.05) is 5.69 Å². The number of benzene rings is 2. The van der Waals surface area contributed by atoms with Crippen molar-refractivity contribution in [2.75, 3.05) is 12.4 Å². The number of hydrogen-bond donors (Lipinski definition) is 2. The summed E-state index contributed by atoms with van der Waals surface area (Å²) in [5, 5.41) is 6.61. The van der Waals surface area contributed by atoms with Crippen molar-refractivity contribution in [2.45, 2.75) is 27.2 Å². The van der Waals surface area contributed by atoms with Crippen LogP contribution in [0.2, 0.25) is 0 Å². The molecular weight excluding hydrogens is 330 g/mol. The second-order valence-corrected chi connectivity index (χ2v) is 6.07. The van der Waals surface area contributed by atoms with E-state index in [4.69, 9.17) is 4.74 Å². The Morgan fingerprint density at radius 2 is 1.81 bits per heavy atom. The third-order valence-electron chi connectivity index (χ3n) is 3.81. The Hall–Kier alpha value is -3.15. The SMILES string of the molecule is COc1cc(C=NNC(=O)CC(=O)Nc2ccc(C)cc2C)ccc1C. The molecular formula is C20H23N3O3. The number of anilines is 1. The zero-order valence-corrected chi connectivity index (χ0v) is 15.4. The fourth-order valence-corrected chi connectivity index (χ4v) is 2.43. The van der Waals surface area contributed by atoms with E-state index >= 15 is 0 Å². The van der Waals surface area contributed by atoms with E-state index in [1.165, 1.54) is 6.21 Å². The predicted octanol–water partition coefficient (Wildman–Crippen LogP) is 3.10. The number of aryl methyl sites for hydroxylation is 3. The molecule has 0 atom stereocenters. The van der Waals surface area contributed by atoms with Gasteiger partial charge in [-0.05, 0) is 49.6 Å². The van der Waals surface area contributed by atoms with E-state index in [0.29, 0.717) is 5.69 Å². The summed E-state index contributed by atoms with van der Waals surface area (Å²) in [6.07, 6.45) is 1.20.